The highest BCUT2D eigenvalue weighted by Crippen LogP contribution is 2.21. The van der Waals surface area contributed by atoms with Crippen LogP contribution in [0.4, 0.5) is 0 Å². The highest BCUT2D eigenvalue weighted by Gasteiger charge is 2.32. The highest BCUT2D eigenvalue weighted by atomic mass is 32.2. The second kappa shape index (κ2) is 6.70. The summed E-state index contributed by atoms with van der Waals surface area (Å²) in [5.41, 5.74) is 0.884. The quantitative estimate of drug-likeness (QED) is 0.867. The first kappa shape index (κ1) is 15.5. The number of hydrogen-bond acceptors (Lipinski definition) is 4. The Morgan fingerprint density at radius 1 is 1.35 bits per heavy atom. The molecule has 1 N–H and O–H groups in total. The van der Waals surface area contributed by atoms with E-state index in [1.807, 2.05) is 30.3 Å². The number of rotatable bonds is 6. The van der Waals surface area contributed by atoms with Crippen molar-refractivity contribution < 1.29 is 13.5 Å². The molecule has 0 saturated carbocycles. The second-order valence-electron chi connectivity index (χ2n) is 5.48. The van der Waals surface area contributed by atoms with E-state index in [1.54, 1.807) is 0 Å². The zero-order chi connectivity index (χ0) is 14.6. The van der Waals surface area contributed by atoms with Gasteiger partial charge >= 0.3 is 0 Å². The molecule has 4 nitrogen and oxygen atoms in total. The van der Waals surface area contributed by atoms with E-state index in [0.717, 1.165) is 18.5 Å². The second-order valence-corrected chi connectivity index (χ2v) is 7.71. The van der Waals surface area contributed by atoms with Crippen LogP contribution in [0.5, 0.6) is 0 Å². The Labute approximate surface area is 121 Å². The highest BCUT2D eigenvalue weighted by molar-refractivity contribution is 7.91. The molecule has 0 spiro atoms. The van der Waals surface area contributed by atoms with Gasteiger partial charge in [-0.3, -0.25) is 4.90 Å². The van der Waals surface area contributed by atoms with Crippen molar-refractivity contribution in [2.75, 3.05) is 24.6 Å². The molecule has 1 aromatic carbocycles. The molecule has 0 amide bonds. The third kappa shape index (κ3) is 4.04. The van der Waals surface area contributed by atoms with Crippen LogP contribution in [0.15, 0.2) is 30.3 Å². The van der Waals surface area contributed by atoms with Crippen LogP contribution in [0, 0.1) is 0 Å². The largest absolute Gasteiger partial charge is 0.387 e. The predicted molar refractivity (Wildman–Crippen MR) is 80.3 cm³/mol. The standard InChI is InChI=1S/C15H23NO3S/c1-2-9-16(14-8-10-20(18,19)12-14)11-15(17)13-6-4-3-5-7-13/h3-7,14-15,17H,2,8-12H2,1H3. The lowest BCUT2D eigenvalue weighted by Gasteiger charge is -2.29. The van der Waals surface area contributed by atoms with E-state index in [9.17, 15) is 13.5 Å². The zero-order valence-corrected chi connectivity index (χ0v) is 12.7. The number of hydrogen-bond donors (Lipinski definition) is 1. The zero-order valence-electron chi connectivity index (χ0n) is 11.9. The van der Waals surface area contributed by atoms with Crippen LogP contribution >= 0.6 is 0 Å². The molecule has 0 aliphatic carbocycles. The first-order valence-corrected chi connectivity index (χ1v) is 9.01. The number of aliphatic hydroxyl groups is 1. The minimum Gasteiger partial charge on any atom is -0.387 e. The molecule has 1 aliphatic rings. The number of nitrogens with zero attached hydrogens (tertiary/aromatic N) is 1. The van der Waals surface area contributed by atoms with Crippen molar-refractivity contribution in [1.82, 2.24) is 4.90 Å². The number of sulfone groups is 1. The molecule has 0 aromatic heterocycles. The van der Waals surface area contributed by atoms with E-state index >= 15 is 0 Å². The maximum absolute atomic E-state index is 11.6. The fourth-order valence-corrected chi connectivity index (χ4v) is 4.54. The van der Waals surface area contributed by atoms with Gasteiger partial charge in [-0.1, -0.05) is 37.3 Å². The molecule has 1 aliphatic heterocycles. The molecule has 20 heavy (non-hydrogen) atoms. The first-order valence-electron chi connectivity index (χ1n) is 7.19. The maximum Gasteiger partial charge on any atom is 0.151 e. The van der Waals surface area contributed by atoms with Gasteiger partial charge in [0.25, 0.3) is 0 Å². The predicted octanol–water partition coefficient (Wildman–Crippen LogP) is 1.62. The molecule has 1 aromatic rings. The Morgan fingerprint density at radius 3 is 2.60 bits per heavy atom. The monoisotopic (exact) mass is 297 g/mol. The molecular weight excluding hydrogens is 274 g/mol. The Bertz CT molecular complexity index is 515. The summed E-state index contributed by atoms with van der Waals surface area (Å²) in [6, 6.07) is 9.59. The molecule has 5 heteroatoms. The molecular formula is C15H23NO3S. The topological polar surface area (TPSA) is 57.6 Å². The summed E-state index contributed by atoms with van der Waals surface area (Å²) in [6.45, 7) is 3.40. The Hall–Kier alpha value is -0.910. The molecule has 2 rings (SSSR count). The summed E-state index contributed by atoms with van der Waals surface area (Å²) in [4.78, 5) is 2.13. The van der Waals surface area contributed by atoms with Crippen LogP contribution < -0.4 is 0 Å². The van der Waals surface area contributed by atoms with E-state index < -0.39 is 15.9 Å². The van der Waals surface area contributed by atoms with Crippen LogP contribution in [0.25, 0.3) is 0 Å². The van der Waals surface area contributed by atoms with E-state index in [4.69, 9.17) is 0 Å². The smallest absolute Gasteiger partial charge is 0.151 e. The van der Waals surface area contributed by atoms with E-state index in [-0.39, 0.29) is 17.5 Å². The molecule has 0 bridgehead atoms. The van der Waals surface area contributed by atoms with Gasteiger partial charge in [-0.05, 0) is 24.9 Å². The Balaban J connectivity index is 2.02. The summed E-state index contributed by atoms with van der Waals surface area (Å²) >= 11 is 0. The summed E-state index contributed by atoms with van der Waals surface area (Å²) in [6.07, 6.45) is 1.08. The van der Waals surface area contributed by atoms with Crippen molar-refractivity contribution in [1.29, 1.82) is 0 Å². The van der Waals surface area contributed by atoms with Gasteiger partial charge in [-0.15, -0.1) is 0 Å². The van der Waals surface area contributed by atoms with Gasteiger partial charge < -0.3 is 5.11 Å². The lowest BCUT2D eigenvalue weighted by Crippen LogP contribution is -2.39. The average molecular weight is 297 g/mol. The van der Waals surface area contributed by atoms with Crippen molar-refractivity contribution in [3.63, 3.8) is 0 Å². The van der Waals surface area contributed by atoms with Crippen LogP contribution in [-0.4, -0.2) is 49.1 Å². The van der Waals surface area contributed by atoms with Crippen LogP contribution in [0.1, 0.15) is 31.4 Å². The van der Waals surface area contributed by atoms with Crippen molar-refractivity contribution >= 4 is 9.84 Å². The SMILES string of the molecule is CCCN(CC(O)c1ccccc1)C1CCS(=O)(=O)C1. The third-order valence-corrected chi connectivity index (χ3v) is 5.58. The summed E-state index contributed by atoms with van der Waals surface area (Å²) < 4.78 is 23.2. The molecule has 2 unspecified atom stereocenters. The van der Waals surface area contributed by atoms with Crippen molar-refractivity contribution in [2.45, 2.75) is 31.9 Å². The van der Waals surface area contributed by atoms with Gasteiger partial charge in [0, 0.05) is 12.6 Å². The van der Waals surface area contributed by atoms with E-state index in [2.05, 4.69) is 11.8 Å². The Kier molecular flexibility index (Phi) is 5.18. The first-order chi connectivity index (χ1) is 9.52. The third-order valence-electron chi connectivity index (χ3n) is 3.83. The molecule has 1 heterocycles. The molecule has 2 atom stereocenters. The van der Waals surface area contributed by atoms with Gasteiger partial charge in [-0.25, -0.2) is 8.42 Å². The van der Waals surface area contributed by atoms with Gasteiger partial charge in [0.2, 0.25) is 0 Å². The fraction of sp³-hybridized carbons (Fsp3) is 0.600. The van der Waals surface area contributed by atoms with Crippen molar-refractivity contribution in [3.05, 3.63) is 35.9 Å². The Morgan fingerprint density at radius 2 is 2.05 bits per heavy atom. The normalized spacial score (nSPS) is 23.1. The molecule has 1 fully saturated rings. The number of aliphatic hydroxyl groups excluding tert-OH is 1. The lowest BCUT2D eigenvalue weighted by molar-refractivity contribution is 0.0926. The molecule has 112 valence electrons. The van der Waals surface area contributed by atoms with Crippen LogP contribution in [0.2, 0.25) is 0 Å². The molecule has 0 radical (unpaired) electrons. The molecule has 1 saturated heterocycles. The van der Waals surface area contributed by atoms with Gasteiger partial charge in [0.1, 0.15) is 0 Å². The van der Waals surface area contributed by atoms with Gasteiger partial charge in [0.15, 0.2) is 9.84 Å². The fourth-order valence-electron chi connectivity index (χ4n) is 2.78. The van der Waals surface area contributed by atoms with Crippen molar-refractivity contribution in [3.8, 4) is 0 Å². The minimum atomic E-state index is -2.88. The summed E-state index contributed by atoms with van der Waals surface area (Å²) in [5, 5.41) is 10.3. The van der Waals surface area contributed by atoms with Crippen LogP contribution in [-0.2, 0) is 9.84 Å². The minimum absolute atomic E-state index is 0.0540. The van der Waals surface area contributed by atoms with Crippen LogP contribution in [0.3, 0.4) is 0 Å². The van der Waals surface area contributed by atoms with Gasteiger partial charge in [0.05, 0.1) is 17.6 Å². The lowest BCUT2D eigenvalue weighted by atomic mass is 10.1. The summed E-state index contributed by atoms with van der Waals surface area (Å²) in [5.74, 6) is 0.508. The number of benzene rings is 1. The maximum atomic E-state index is 11.6. The van der Waals surface area contributed by atoms with Crippen molar-refractivity contribution in [2.24, 2.45) is 0 Å². The summed E-state index contributed by atoms with van der Waals surface area (Å²) in [7, 11) is -2.88. The van der Waals surface area contributed by atoms with E-state index in [1.165, 1.54) is 0 Å². The average Bonchev–Trinajstić information content (AvgIpc) is 2.79. The van der Waals surface area contributed by atoms with Gasteiger partial charge in [-0.2, -0.15) is 0 Å². The van der Waals surface area contributed by atoms with E-state index in [0.29, 0.717) is 13.0 Å².